The second-order valence-electron chi connectivity index (χ2n) is 6.32. The predicted octanol–water partition coefficient (Wildman–Crippen LogP) is 5.08. The maximum Gasteiger partial charge on any atom is 0.270 e. The number of fused-ring (bicyclic) bond motifs is 1. The topological polar surface area (TPSA) is 45.3 Å². The number of ether oxygens (including phenoxy) is 1. The van der Waals surface area contributed by atoms with Crippen LogP contribution in [0.2, 0.25) is 0 Å². The molecule has 1 N–H and O–H groups in total. The first-order chi connectivity index (χ1) is 13.2. The number of amides is 1. The molecule has 136 valence electrons. The molecule has 0 unspecified atom stereocenters. The van der Waals surface area contributed by atoms with Gasteiger partial charge in [0, 0.05) is 21.3 Å². The van der Waals surface area contributed by atoms with E-state index in [1.807, 2.05) is 70.9 Å². The van der Waals surface area contributed by atoms with Crippen LogP contribution in [0, 0.1) is 0 Å². The standard InChI is InChI=1S/C22H20N2O2S/c1-26-21-11-5-3-8-17(21)14-24(15-18-9-6-12-27-18)22(25)20-13-16-7-2-4-10-19(16)23-20/h2-13,23H,14-15H2,1H3. The fourth-order valence-corrected chi connectivity index (χ4v) is 3.91. The van der Waals surface area contributed by atoms with E-state index in [1.54, 1.807) is 18.4 Å². The molecule has 4 nitrogen and oxygen atoms in total. The van der Waals surface area contributed by atoms with Gasteiger partial charge in [0.1, 0.15) is 11.4 Å². The highest BCUT2D eigenvalue weighted by atomic mass is 32.1. The lowest BCUT2D eigenvalue weighted by Crippen LogP contribution is -2.30. The number of aromatic nitrogens is 1. The number of rotatable bonds is 6. The van der Waals surface area contributed by atoms with Gasteiger partial charge in [0.15, 0.2) is 0 Å². The Morgan fingerprint density at radius 1 is 1.04 bits per heavy atom. The summed E-state index contributed by atoms with van der Waals surface area (Å²) in [5.74, 6) is 0.767. The molecule has 0 fully saturated rings. The molecule has 2 aromatic carbocycles. The number of hydrogen-bond donors (Lipinski definition) is 1. The van der Waals surface area contributed by atoms with Crippen molar-refractivity contribution in [2.75, 3.05) is 7.11 Å². The minimum atomic E-state index is -0.0227. The van der Waals surface area contributed by atoms with Crippen LogP contribution in [0.15, 0.2) is 72.1 Å². The third kappa shape index (κ3) is 3.73. The summed E-state index contributed by atoms with van der Waals surface area (Å²) in [6, 6.07) is 21.7. The number of hydrogen-bond acceptors (Lipinski definition) is 3. The normalized spacial score (nSPS) is 10.9. The van der Waals surface area contributed by atoms with Crippen molar-refractivity contribution in [3.8, 4) is 5.75 Å². The lowest BCUT2D eigenvalue weighted by atomic mass is 10.1. The molecule has 0 radical (unpaired) electrons. The van der Waals surface area contributed by atoms with Crippen molar-refractivity contribution in [1.29, 1.82) is 0 Å². The number of nitrogens with one attached hydrogen (secondary N) is 1. The molecule has 5 heteroatoms. The molecule has 2 aromatic heterocycles. The van der Waals surface area contributed by atoms with Gasteiger partial charge in [0.2, 0.25) is 0 Å². The highest BCUT2D eigenvalue weighted by molar-refractivity contribution is 7.09. The van der Waals surface area contributed by atoms with E-state index in [4.69, 9.17) is 4.74 Å². The molecule has 2 heterocycles. The molecule has 0 aliphatic heterocycles. The maximum atomic E-state index is 13.3. The minimum Gasteiger partial charge on any atom is -0.496 e. The number of benzene rings is 2. The number of carbonyl (C=O) groups is 1. The number of H-pyrrole nitrogens is 1. The van der Waals surface area contributed by atoms with Crippen LogP contribution in [0.3, 0.4) is 0 Å². The summed E-state index contributed by atoms with van der Waals surface area (Å²) < 4.78 is 5.47. The van der Waals surface area contributed by atoms with E-state index in [2.05, 4.69) is 11.1 Å². The predicted molar refractivity (Wildman–Crippen MR) is 109 cm³/mol. The highest BCUT2D eigenvalue weighted by Gasteiger charge is 2.20. The lowest BCUT2D eigenvalue weighted by Gasteiger charge is -2.23. The Hall–Kier alpha value is -3.05. The first-order valence-corrected chi connectivity index (χ1v) is 9.64. The molecule has 0 spiro atoms. The van der Waals surface area contributed by atoms with Crippen molar-refractivity contribution in [3.05, 3.63) is 88.2 Å². The van der Waals surface area contributed by atoms with E-state index in [1.165, 1.54) is 0 Å². The quantitative estimate of drug-likeness (QED) is 0.510. The van der Waals surface area contributed by atoms with Crippen LogP contribution in [-0.2, 0) is 13.1 Å². The highest BCUT2D eigenvalue weighted by Crippen LogP contribution is 2.24. The average molecular weight is 376 g/mol. The largest absolute Gasteiger partial charge is 0.496 e. The zero-order chi connectivity index (χ0) is 18.6. The Bertz CT molecular complexity index is 1020. The molecule has 0 saturated carbocycles. The van der Waals surface area contributed by atoms with Crippen molar-refractivity contribution >= 4 is 28.1 Å². The molecule has 0 aliphatic carbocycles. The molecule has 0 saturated heterocycles. The summed E-state index contributed by atoms with van der Waals surface area (Å²) in [6.07, 6.45) is 0. The summed E-state index contributed by atoms with van der Waals surface area (Å²) >= 11 is 1.65. The van der Waals surface area contributed by atoms with Crippen molar-refractivity contribution in [2.24, 2.45) is 0 Å². The van der Waals surface area contributed by atoms with Crippen LogP contribution in [0.1, 0.15) is 20.9 Å². The van der Waals surface area contributed by atoms with Gasteiger partial charge in [0.25, 0.3) is 5.91 Å². The van der Waals surface area contributed by atoms with E-state index >= 15 is 0 Å². The fourth-order valence-electron chi connectivity index (χ4n) is 3.19. The Morgan fingerprint density at radius 2 is 1.85 bits per heavy atom. The Morgan fingerprint density at radius 3 is 2.63 bits per heavy atom. The molecule has 0 atom stereocenters. The number of thiophene rings is 1. The van der Waals surface area contributed by atoms with Gasteiger partial charge in [0.05, 0.1) is 20.2 Å². The maximum absolute atomic E-state index is 13.3. The van der Waals surface area contributed by atoms with Gasteiger partial charge in [-0.3, -0.25) is 4.79 Å². The summed E-state index contributed by atoms with van der Waals surface area (Å²) in [7, 11) is 1.65. The van der Waals surface area contributed by atoms with Crippen LogP contribution in [0.25, 0.3) is 10.9 Å². The van der Waals surface area contributed by atoms with E-state index in [-0.39, 0.29) is 5.91 Å². The van der Waals surface area contributed by atoms with Crippen molar-refractivity contribution in [1.82, 2.24) is 9.88 Å². The number of aromatic amines is 1. The lowest BCUT2D eigenvalue weighted by molar-refractivity contribution is 0.0725. The second-order valence-corrected chi connectivity index (χ2v) is 7.35. The minimum absolute atomic E-state index is 0.0227. The second kappa shape index (κ2) is 7.68. The molecule has 1 amide bonds. The Balaban J connectivity index is 1.67. The van der Waals surface area contributed by atoms with Crippen molar-refractivity contribution in [2.45, 2.75) is 13.1 Å². The van der Waals surface area contributed by atoms with Gasteiger partial charge in [-0.25, -0.2) is 0 Å². The Labute approximate surface area is 162 Å². The molecular weight excluding hydrogens is 356 g/mol. The monoisotopic (exact) mass is 376 g/mol. The molecular formula is C22H20N2O2S. The molecule has 0 aliphatic rings. The number of methoxy groups -OCH3 is 1. The van der Waals surface area contributed by atoms with Gasteiger partial charge in [-0.2, -0.15) is 0 Å². The van der Waals surface area contributed by atoms with Gasteiger partial charge >= 0.3 is 0 Å². The zero-order valence-electron chi connectivity index (χ0n) is 15.0. The zero-order valence-corrected chi connectivity index (χ0v) is 15.8. The van der Waals surface area contributed by atoms with Gasteiger partial charge < -0.3 is 14.6 Å². The molecule has 4 rings (SSSR count). The first kappa shape index (κ1) is 17.4. The number of para-hydroxylation sites is 2. The third-order valence-electron chi connectivity index (χ3n) is 4.53. The van der Waals surface area contributed by atoms with Crippen molar-refractivity contribution < 1.29 is 9.53 Å². The first-order valence-electron chi connectivity index (χ1n) is 8.76. The number of nitrogens with zero attached hydrogens (tertiary/aromatic N) is 1. The van der Waals surface area contributed by atoms with E-state index < -0.39 is 0 Å². The summed E-state index contributed by atoms with van der Waals surface area (Å²) in [5, 5.41) is 3.07. The van der Waals surface area contributed by atoms with Crippen LogP contribution in [0.4, 0.5) is 0 Å². The Kier molecular flexibility index (Phi) is 4.94. The van der Waals surface area contributed by atoms with Crippen LogP contribution in [0.5, 0.6) is 5.75 Å². The van der Waals surface area contributed by atoms with E-state index in [0.29, 0.717) is 18.8 Å². The third-order valence-corrected chi connectivity index (χ3v) is 5.39. The van der Waals surface area contributed by atoms with Crippen LogP contribution < -0.4 is 4.74 Å². The van der Waals surface area contributed by atoms with E-state index in [0.717, 1.165) is 27.1 Å². The van der Waals surface area contributed by atoms with Gasteiger partial charge in [-0.05, 0) is 29.6 Å². The molecule has 0 bridgehead atoms. The molecule has 27 heavy (non-hydrogen) atoms. The fraction of sp³-hybridized carbons (Fsp3) is 0.136. The van der Waals surface area contributed by atoms with Crippen LogP contribution in [-0.4, -0.2) is 22.9 Å². The van der Waals surface area contributed by atoms with Gasteiger partial charge in [-0.15, -0.1) is 11.3 Å². The smallest absolute Gasteiger partial charge is 0.270 e. The van der Waals surface area contributed by atoms with Crippen molar-refractivity contribution in [3.63, 3.8) is 0 Å². The summed E-state index contributed by atoms with van der Waals surface area (Å²) in [6.45, 7) is 1.04. The molecule has 4 aromatic rings. The summed E-state index contributed by atoms with van der Waals surface area (Å²) in [4.78, 5) is 19.6. The average Bonchev–Trinajstić information content (AvgIpc) is 3.36. The van der Waals surface area contributed by atoms with E-state index in [9.17, 15) is 4.79 Å². The van der Waals surface area contributed by atoms with Crippen LogP contribution >= 0.6 is 11.3 Å². The van der Waals surface area contributed by atoms with Gasteiger partial charge in [-0.1, -0.05) is 42.5 Å². The number of carbonyl (C=O) groups excluding carboxylic acids is 1. The summed E-state index contributed by atoms with van der Waals surface area (Å²) in [5.41, 5.74) is 2.55. The SMILES string of the molecule is COc1ccccc1CN(Cc1cccs1)C(=O)c1cc2ccccc2[nH]1.